The Balaban J connectivity index is 2.10. The fourth-order valence-electron chi connectivity index (χ4n) is 2.62. The fourth-order valence-corrected chi connectivity index (χ4v) is 2.62. The molecule has 0 aliphatic rings. The zero-order chi connectivity index (χ0) is 19.1. The molecule has 0 aliphatic carbocycles. The van der Waals surface area contributed by atoms with Crippen LogP contribution in [0.25, 0.3) is 17.1 Å². The molecule has 0 unspecified atom stereocenters. The van der Waals surface area contributed by atoms with Crippen molar-refractivity contribution in [3.63, 3.8) is 0 Å². The van der Waals surface area contributed by atoms with Gasteiger partial charge in [0.15, 0.2) is 0 Å². The number of nitrogens with zero attached hydrogens (tertiary/aromatic N) is 3. The van der Waals surface area contributed by atoms with E-state index >= 15 is 0 Å². The Morgan fingerprint density at radius 1 is 1.31 bits per heavy atom. The number of ether oxygens (including phenoxy) is 1. The van der Waals surface area contributed by atoms with E-state index < -0.39 is 5.97 Å². The van der Waals surface area contributed by atoms with E-state index in [2.05, 4.69) is 37.6 Å². The molecule has 0 amide bonds. The molecular formula is C20H27N3O3. The van der Waals surface area contributed by atoms with E-state index in [1.165, 1.54) is 23.2 Å². The SMILES string of the molecule is CCN(CC)CCOC(=O)C=Cn1cnc2ccc(C(C)C)cc2c1=O. The van der Waals surface area contributed by atoms with Gasteiger partial charge in [-0.3, -0.25) is 9.36 Å². The molecule has 0 spiro atoms. The number of carbonyl (C=O) groups is 1. The third-order valence-electron chi connectivity index (χ3n) is 4.39. The van der Waals surface area contributed by atoms with Gasteiger partial charge in [0.2, 0.25) is 0 Å². The molecule has 26 heavy (non-hydrogen) atoms. The predicted octanol–water partition coefficient (Wildman–Crippen LogP) is 2.88. The molecule has 0 bridgehead atoms. The molecule has 1 aromatic heterocycles. The van der Waals surface area contributed by atoms with Crippen LogP contribution >= 0.6 is 0 Å². The van der Waals surface area contributed by atoms with Crippen molar-refractivity contribution >= 4 is 23.1 Å². The van der Waals surface area contributed by atoms with E-state index in [1.807, 2.05) is 18.2 Å². The summed E-state index contributed by atoms with van der Waals surface area (Å²) in [6.45, 7) is 11.1. The molecule has 6 heteroatoms. The Morgan fingerprint density at radius 2 is 2.04 bits per heavy atom. The molecule has 6 nitrogen and oxygen atoms in total. The van der Waals surface area contributed by atoms with Crippen LogP contribution in [0.2, 0.25) is 0 Å². The first kappa shape index (κ1) is 19.8. The number of rotatable bonds is 8. The molecule has 0 atom stereocenters. The summed E-state index contributed by atoms with van der Waals surface area (Å²) in [6.07, 6.45) is 4.07. The Morgan fingerprint density at radius 3 is 2.69 bits per heavy atom. The van der Waals surface area contributed by atoms with Crippen molar-refractivity contribution in [1.82, 2.24) is 14.5 Å². The maximum absolute atomic E-state index is 12.6. The lowest BCUT2D eigenvalue weighted by molar-refractivity contribution is -0.138. The molecule has 0 fully saturated rings. The van der Waals surface area contributed by atoms with Gasteiger partial charge in [0, 0.05) is 18.8 Å². The van der Waals surface area contributed by atoms with Crippen LogP contribution in [-0.2, 0) is 9.53 Å². The quantitative estimate of drug-likeness (QED) is 0.537. The number of esters is 1. The summed E-state index contributed by atoms with van der Waals surface area (Å²) in [4.78, 5) is 30.9. The van der Waals surface area contributed by atoms with E-state index in [0.717, 1.165) is 18.7 Å². The first-order valence-corrected chi connectivity index (χ1v) is 9.04. The second kappa shape index (κ2) is 9.29. The van der Waals surface area contributed by atoms with Gasteiger partial charge in [-0.1, -0.05) is 33.8 Å². The van der Waals surface area contributed by atoms with E-state index in [0.29, 0.717) is 30.0 Å². The van der Waals surface area contributed by atoms with Crippen LogP contribution in [0.5, 0.6) is 0 Å². The van der Waals surface area contributed by atoms with Crippen molar-refractivity contribution in [2.24, 2.45) is 0 Å². The molecule has 140 valence electrons. The maximum atomic E-state index is 12.6. The van der Waals surface area contributed by atoms with Crippen LogP contribution in [0.3, 0.4) is 0 Å². The molecule has 1 heterocycles. The average Bonchev–Trinajstić information content (AvgIpc) is 2.64. The number of likely N-dealkylation sites (N-methyl/N-ethyl adjacent to an activating group) is 1. The summed E-state index contributed by atoms with van der Waals surface area (Å²) >= 11 is 0. The van der Waals surface area contributed by atoms with Crippen molar-refractivity contribution < 1.29 is 9.53 Å². The number of carbonyl (C=O) groups excluding carboxylic acids is 1. The number of aromatic nitrogens is 2. The first-order valence-electron chi connectivity index (χ1n) is 9.04. The second-order valence-corrected chi connectivity index (χ2v) is 6.40. The van der Waals surface area contributed by atoms with Crippen molar-refractivity contribution in [3.8, 4) is 0 Å². The van der Waals surface area contributed by atoms with Gasteiger partial charge in [0.25, 0.3) is 5.56 Å². The molecule has 0 radical (unpaired) electrons. The Labute approximate surface area is 154 Å². The highest BCUT2D eigenvalue weighted by Gasteiger charge is 2.07. The van der Waals surface area contributed by atoms with Crippen LogP contribution in [0.15, 0.2) is 35.4 Å². The minimum absolute atomic E-state index is 0.204. The number of benzene rings is 1. The highest BCUT2D eigenvalue weighted by Crippen LogP contribution is 2.17. The molecule has 0 saturated heterocycles. The summed E-state index contributed by atoms with van der Waals surface area (Å²) in [5.74, 6) is -0.149. The van der Waals surface area contributed by atoms with Crippen molar-refractivity contribution in [2.45, 2.75) is 33.6 Å². The topological polar surface area (TPSA) is 64.4 Å². The molecular weight excluding hydrogens is 330 g/mol. The van der Waals surface area contributed by atoms with Crippen LogP contribution < -0.4 is 5.56 Å². The summed E-state index contributed by atoms with van der Waals surface area (Å²) in [7, 11) is 0. The smallest absolute Gasteiger partial charge is 0.332 e. The van der Waals surface area contributed by atoms with E-state index in [9.17, 15) is 9.59 Å². The van der Waals surface area contributed by atoms with Crippen LogP contribution in [0.4, 0.5) is 0 Å². The van der Waals surface area contributed by atoms with Gasteiger partial charge < -0.3 is 9.64 Å². The van der Waals surface area contributed by atoms with Gasteiger partial charge in [-0.25, -0.2) is 9.78 Å². The third-order valence-corrected chi connectivity index (χ3v) is 4.39. The van der Waals surface area contributed by atoms with Crippen molar-refractivity contribution in [3.05, 3.63) is 46.5 Å². The Kier molecular flexibility index (Phi) is 7.09. The van der Waals surface area contributed by atoms with Crippen molar-refractivity contribution in [2.75, 3.05) is 26.2 Å². The third kappa shape index (κ3) is 5.02. The molecule has 2 rings (SSSR count). The molecule has 2 aromatic rings. The van der Waals surface area contributed by atoms with Gasteiger partial charge in [0.05, 0.1) is 10.9 Å². The minimum atomic E-state index is -0.472. The standard InChI is InChI=1S/C20H27N3O3/c1-5-22(6-2)11-12-26-19(24)9-10-23-14-21-18-8-7-16(15(3)4)13-17(18)20(23)25/h7-10,13-15H,5-6,11-12H2,1-4H3. The van der Waals surface area contributed by atoms with Gasteiger partial charge in [-0.05, 0) is 36.7 Å². The molecule has 0 saturated carbocycles. The predicted molar refractivity (Wildman–Crippen MR) is 104 cm³/mol. The lowest BCUT2D eigenvalue weighted by Crippen LogP contribution is -2.27. The van der Waals surface area contributed by atoms with Crippen LogP contribution in [0.1, 0.15) is 39.2 Å². The summed E-state index contributed by atoms with van der Waals surface area (Å²) < 4.78 is 6.48. The van der Waals surface area contributed by atoms with Gasteiger partial charge in [0.1, 0.15) is 12.9 Å². The number of hydrogen-bond donors (Lipinski definition) is 0. The fraction of sp³-hybridized carbons (Fsp3) is 0.450. The van der Waals surface area contributed by atoms with E-state index in [1.54, 1.807) is 0 Å². The normalized spacial score (nSPS) is 11.8. The molecule has 0 aliphatic heterocycles. The number of hydrogen-bond acceptors (Lipinski definition) is 5. The lowest BCUT2D eigenvalue weighted by Gasteiger charge is -2.16. The maximum Gasteiger partial charge on any atom is 0.332 e. The van der Waals surface area contributed by atoms with E-state index in [4.69, 9.17) is 4.74 Å². The average molecular weight is 357 g/mol. The van der Waals surface area contributed by atoms with Crippen LogP contribution in [-0.4, -0.2) is 46.7 Å². The monoisotopic (exact) mass is 357 g/mol. The van der Waals surface area contributed by atoms with Crippen molar-refractivity contribution in [1.29, 1.82) is 0 Å². The zero-order valence-corrected chi connectivity index (χ0v) is 15.9. The van der Waals surface area contributed by atoms with Gasteiger partial charge >= 0.3 is 5.97 Å². The summed E-state index contributed by atoms with van der Waals surface area (Å²) in [6, 6.07) is 5.69. The largest absolute Gasteiger partial charge is 0.461 e. The summed E-state index contributed by atoms with van der Waals surface area (Å²) in [5, 5.41) is 0.540. The lowest BCUT2D eigenvalue weighted by atomic mass is 10.0. The Hall–Kier alpha value is -2.47. The van der Waals surface area contributed by atoms with E-state index in [-0.39, 0.29) is 5.56 Å². The second-order valence-electron chi connectivity index (χ2n) is 6.40. The van der Waals surface area contributed by atoms with Crippen LogP contribution in [0, 0.1) is 0 Å². The minimum Gasteiger partial charge on any atom is -0.461 e. The highest BCUT2D eigenvalue weighted by molar-refractivity contribution is 5.85. The Bertz CT molecular complexity index is 836. The van der Waals surface area contributed by atoms with Gasteiger partial charge in [-0.15, -0.1) is 0 Å². The number of fused-ring (bicyclic) bond motifs is 1. The highest BCUT2D eigenvalue weighted by atomic mass is 16.5. The zero-order valence-electron chi connectivity index (χ0n) is 15.9. The first-order chi connectivity index (χ1) is 12.5. The van der Waals surface area contributed by atoms with Gasteiger partial charge in [-0.2, -0.15) is 0 Å². The molecule has 0 N–H and O–H groups in total. The molecule has 1 aromatic carbocycles. The summed E-state index contributed by atoms with van der Waals surface area (Å²) in [5.41, 5.74) is 1.52.